The summed E-state index contributed by atoms with van der Waals surface area (Å²) in [6.07, 6.45) is 3.41. The first kappa shape index (κ1) is 20.9. The summed E-state index contributed by atoms with van der Waals surface area (Å²) in [7, 11) is 0. The molecule has 1 aromatic heterocycles. The van der Waals surface area contributed by atoms with Crippen molar-refractivity contribution in [3.05, 3.63) is 58.9 Å². The summed E-state index contributed by atoms with van der Waals surface area (Å²) in [6, 6.07) is 6.00. The minimum Gasteiger partial charge on any atom is -0.348 e. The van der Waals surface area contributed by atoms with Crippen LogP contribution in [0.1, 0.15) is 60.0 Å². The molecule has 1 saturated heterocycles. The van der Waals surface area contributed by atoms with Gasteiger partial charge in [0.25, 0.3) is 5.91 Å². The molecule has 7 heteroatoms. The summed E-state index contributed by atoms with van der Waals surface area (Å²) in [5.41, 5.74) is 1.84. The molecular weight excluding hydrogens is 371 g/mol. The van der Waals surface area contributed by atoms with Crippen molar-refractivity contribution in [2.75, 3.05) is 13.1 Å². The molecule has 0 bridgehead atoms. The van der Waals surface area contributed by atoms with Crippen LogP contribution in [0.15, 0.2) is 30.5 Å². The van der Waals surface area contributed by atoms with Gasteiger partial charge in [-0.15, -0.1) is 0 Å². The van der Waals surface area contributed by atoms with Gasteiger partial charge in [0.2, 0.25) is 5.91 Å². The van der Waals surface area contributed by atoms with Gasteiger partial charge in [0.15, 0.2) is 0 Å². The van der Waals surface area contributed by atoms with Gasteiger partial charge in [0.1, 0.15) is 11.6 Å². The summed E-state index contributed by atoms with van der Waals surface area (Å²) in [6.45, 7) is 7.30. The molecule has 29 heavy (non-hydrogen) atoms. The standard InChI is InChI=1S/C22H27FN4O2/c1-14(2)22(29)27-10-4-5-17(13-27)20-24-12-19(15(3)26-20)21(28)25-11-16-6-8-18(23)9-7-16/h6-9,12,14,17H,4-5,10-11,13H2,1-3H3,(H,25,28)/t17-/m0/s1. The van der Waals surface area contributed by atoms with E-state index in [-0.39, 0.29) is 29.5 Å². The van der Waals surface area contributed by atoms with Crippen LogP contribution in [-0.4, -0.2) is 39.8 Å². The first-order chi connectivity index (χ1) is 13.8. The largest absolute Gasteiger partial charge is 0.348 e. The lowest BCUT2D eigenvalue weighted by atomic mass is 9.96. The zero-order chi connectivity index (χ0) is 21.0. The van der Waals surface area contributed by atoms with Gasteiger partial charge in [-0.25, -0.2) is 14.4 Å². The van der Waals surface area contributed by atoms with E-state index in [0.29, 0.717) is 30.2 Å². The first-order valence-electron chi connectivity index (χ1n) is 10.00. The molecule has 0 unspecified atom stereocenters. The van der Waals surface area contributed by atoms with Crippen LogP contribution >= 0.6 is 0 Å². The molecule has 0 aliphatic carbocycles. The van der Waals surface area contributed by atoms with Gasteiger partial charge >= 0.3 is 0 Å². The molecule has 0 radical (unpaired) electrons. The van der Waals surface area contributed by atoms with Crippen molar-refractivity contribution >= 4 is 11.8 Å². The monoisotopic (exact) mass is 398 g/mol. The lowest BCUT2D eigenvalue weighted by Gasteiger charge is -2.33. The van der Waals surface area contributed by atoms with Gasteiger partial charge in [-0.2, -0.15) is 0 Å². The van der Waals surface area contributed by atoms with Crippen LogP contribution in [0.5, 0.6) is 0 Å². The van der Waals surface area contributed by atoms with Crippen LogP contribution in [0.3, 0.4) is 0 Å². The average Bonchev–Trinajstić information content (AvgIpc) is 2.72. The molecule has 1 fully saturated rings. The molecule has 0 spiro atoms. The SMILES string of the molecule is Cc1nc([C@H]2CCCN(C(=O)C(C)C)C2)ncc1C(=O)NCc1ccc(F)cc1. The van der Waals surface area contributed by atoms with Crippen molar-refractivity contribution in [2.24, 2.45) is 5.92 Å². The third-order valence-electron chi connectivity index (χ3n) is 5.20. The molecule has 1 N–H and O–H groups in total. The maximum absolute atomic E-state index is 13.0. The number of benzene rings is 1. The second kappa shape index (κ2) is 9.11. The van der Waals surface area contributed by atoms with Gasteiger partial charge in [-0.1, -0.05) is 26.0 Å². The molecule has 154 valence electrons. The molecule has 2 amide bonds. The van der Waals surface area contributed by atoms with Gasteiger partial charge in [-0.05, 0) is 37.5 Å². The third-order valence-corrected chi connectivity index (χ3v) is 5.20. The number of halogens is 1. The first-order valence-corrected chi connectivity index (χ1v) is 10.00. The maximum atomic E-state index is 13.0. The fourth-order valence-electron chi connectivity index (χ4n) is 3.54. The van der Waals surface area contributed by atoms with Gasteiger partial charge in [-0.3, -0.25) is 9.59 Å². The van der Waals surface area contributed by atoms with Crippen molar-refractivity contribution in [3.63, 3.8) is 0 Å². The third kappa shape index (κ3) is 5.16. The van der Waals surface area contributed by atoms with Crippen LogP contribution in [0, 0.1) is 18.7 Å². The zero-order valence-corrected chi connectivity index (χ0v) is 17.1. The van der Waals surface area contributed by atoms with E-state index in [1.807, 2.05) is 18.7 Å². The average molecular weight is 398 g/mol. The summed E-state index contributed by atoms with van der Waals surface area (Å²) < 4.78 is 13.0. The highest BCUT2D eigenvalue weighted by Gasteiger charge is 2.28. The second-order valence-electron chi connectivity index (χ2n) is 7.81. The number of carbonyl (C=O) groups is 2. The number of rotatable bonds is 5. The maximum Gasteiger partial charge on any atom is 0.254 e. The van der Waals surface area contributed by atoms with Crippen LogP contribution in [0.2, 0.25) is 0 Å². The molecule has 0 saturated carbocycles. The molecule has 1 aliphatic heterocycles. The predicted molar refractivity (Wildman–Crippen MR) is 108 cm³/mol. The van der Waals surface area contributed by atoms with Crippen molar-refractivity contribution in [2.45, 2.75) is 46.1 Å². The van der Waals surface area contributed by atoms with E-state index < -0.39 is 0 Å². The van der Waals surface area contributed by atoms with Crippen LogP contribution in [-0.2, 0) is 11.3 Å². The highest BCUT2D eigenvalue weighted by Crippen LogP contribution is 2.26. The zero-order valence-electron chi connectivity index (χ0n) is 17.1. The molecule has 2 heterocycles. The number of aromatic nitrogens is 2. The Bertz CT molecular complexity index is 883. The Balaban J connectivity index is 1.65. The van der Waals surface area contributed by atoms with Crippen molar-refractivity contribution in [3.8, 4) is 0 Å². The minimum atomic E-state index is -0.309. The fourth-order valence-corrected chi connectivity index (χ4v) is 3.54. The van der Waals surface area contributed by atoms with Gasteiger partial charge in [0, 0.05) is 37.7 Å². The van der Waals surface area contributed by atoms with Crippen molar-refractivity contribution in [1.82, 2.24) is 20.2 Å². The lowest BCUT2D eigenvalue weighted by molar-refractivity contribution is -0.135. The van der Waals surface area contributed by atoms with Gasteiger partial charge < -0.3 is 10.2 Å². The summed E-state index contributed by atoms with van der Waals surface area (Å²) in [5, 5.41) is 2.81. The van der Waals surface area contributed by atoms with E-state index in [1.54, 1.807) is 25.3 Å². The molecule has 2 aromatic rings. The Morgan fingerprint density at radius 1 is 1.28 bits per heavy atom. The molecule has 1 atom stereocenters. The highest BCUT2D eigenvalue weighted by molar-refractivity contribution is 5.94. The fraction of sp³-hybridized carbons (Fsp3) is 0.455. The normalized spacial score (nSPS) is 16.7. The topological polar surface area (TPSA) is 75.2 Å². The number of nitrogens with zero attached hydrogens (tertiary/aromatic N) is 3. The molecular formula is C22H27FN4O2. The van der Waals surface area contributed by atoms with Crippen molar-refractivity contribution in [1.29, 1.82) is 0 Å². The number of carbonyl (C=O) groups excluding carboxylic acids is 2. The Morgan fingerprint density at radius 2 is 2.00 bits per heavy atom. The lowest BCUT2D eigenvalue weighted by Crippen LogP contribution is -2.41. The van der Waals surface area contributed by atoms with Crippen LogP contribution in [0.25, 0.3) is 0 Å². The highest BCUT2D eigenvalue weighted by atomic mass is 19.1. The summed E-state index contributed by atoms with van der Waals surface area (Å²) >= 11 is 0. The van der Waals surface area contributed by atoms with E-state index in [0.717, 1.165) is 24.9 Å². The Kier molecular flexibility index (Phi) is 6.56. The Hall–Kier alpha value is -2.83. The molecule has 1 aromatic carbocycles. The number of amides is 2. The Morgan fingerprint density at radius 3 is 2.66 bits per heavy atom. The van der Waals surface area contributed by atoms with E-state index in [2.05, 4.69) is 15.3 Å². The number of aryl methyl sites for hydroxylation is 1. The van der Waals surface area contributed by atoms with E-state index in [9.17, 15) is 14.0 Å². The molecule has 6 nitrogen and oxygen atoms in total. The van der Waals surface area contributed by atoms with E-state index in [4.69, 9.17) is 0 Å². The quantitative estimate of drug-likeness (QED) is 0.839. The molecule has 3 rings (SSSR count). The Labute approximate surface area is 170 Å². The van der Waals surface area contributed by atoms with E-state index in [1.165, 1.54) is 12.1 Å². The van der Waals surface area contributed by atoms with Crippen LogP contribution in [0.4, 0.5) is 4.39 Å². The molecule has 1 aliphatic rings. The van der Waals surface area contributed by atoms with E-state index >= 15 is 0 Å². The van der Waals surface area contributed by atoms with Gasteiger partial charge in [0.05, 0.1) is 11.3 Å². The second-order valence-corrected chi connectivity index (χ2v) is 7.81. The summed E-state index contributed by atoms with van der Waals surface area (Å²) in [4.78, 5) is 35.7. The predicted octanol–water partition coefficient (Wildman–Crippen LogP) is 3.22. The minimum absolute atomic E-state index is 0.0245. The number of hydrogen-bond donors (Lipinski definition) is 1. The summed E-state index contributed by atoms with van der Waals surface area (Å²) in [5.74, 6) is 0.321. The number of nitrogens with one attached hydrogen (secondary N) is 1. The van der Waals surface area contributed by atoms with Crippen LogP contribution < -0.4 is 5.32 Å². The number of hydrogen-bond acceptors (Lipinski definition) is 4. The number of piperidine rings is 1. The van der Waals surface area contributed by atoms with Crippen molar-refractivity contribution < 1.29 is 14.0 Å². The smallest absolute Gasteiger partial charge is 0.254 e. The number of likely N-dealkylation sites (tertiary alicyclic amines) is 1.